The Morgan fingerprint density at radius 3 is 2.36 bits per heavy atom. The number of anilines is 3. The predicted molar refractivity (Wildman–Crippen MR) is 145 cm³/mol. The standard InChI is InChI=1S/C25H21Cl2N5O6S/c1-2-3-14-38-25(35)17-6-4-5-7-18(17)32-23(33)21(27)22(24(32)34)28-15-8-10-16(11-9-15)39(36,37)31-20-13-12-19(26)29-30-20/h4-13,28H,2-3,14H2,1H3,(H,30,31). The number of nitrogens with one attached hydrogen (secondary N) is 2. The van der Waals surface area contributed by atoms with Crippen molar-refractivity contribution < 1.29 is 27.5 Å². The van der Waals surface area contributed by atoms with Gasteiger partial charge in [0.2, 0.25) is 0 Å². The molecule has 0 fully saturated rings. The normalized spacial score (nSPS) is 13.6. The number of para-hydroxylation sites is 1. The quantitative estimate of drug-likeness (QED) is 0.200. The van der Waals surface area contributed by atoms with E-state index in [1.165, 1.54) is 48.5 Å². The zero-order valence-corrected chi connectivity index (χ0v) is 22.7. The fourth-order valence-corrected chi connectivity index (χ4v) is 4.80. The molecular formula is C25H21Cl2N5O6S. The molecule has 1 aliphatic rings. The first-order valence-electron chi connectivity index (χ1n) is 11.6. The lowest BCUT2D eigenvalue weighted by Crippen LogP contribution is -2.33. The third-order valence-electron chi connectivity index (χ3n) is 5.43. The summed E-state index contributed by atoms with van der Waals surface area (Å²) < 4.78 is 32.8. The molecule has 3 aromatic rings. The van der Waals surface area contributed by atoms with E-state index in [4.69, 9.17) is 27.9 Å². The number of benzene rings is 2. The van der Waals surface area contributed by atoms with Crippen LogP contribution in [-0.2, 0) is 24.3 Å². The summed E-state index contributed by atoms with van der Waals surface area (Å²) in [6.07, 6.45) is 1.50. The second-order valence-corrected chi connectivity index (χ2v) is 10.6. The molecule has 14 heteroatoms. The highest BCUT2D eigenvalue weighted by Crippen LogP contribution is 2.32. The van der Waals surface area contributed by atoms with Crippen molar-refractivity contribution in [1.82, 2.24) is 10.2 Å². The molecule has 0 saturated carbocycles. The largest absolute Gasteiger partial charge is 0.462 e. The lowest BCUT2D eigenvalue weighted by atomic mass is 10.1. The van der Waals surface area contributed by atoms with E-state index < -0.39 is 32.8 Å². The molecule has 202 valence electrons. The number of ether oxygens (including phenoxy) is 1. The van der Waals surface area contributed by atoms with E-state index in [0.29, 0.717) is 6.42 Å². The minimum Gasteiger partial charge on any atom is -0.462 e. The Morgan fingerprint density at radius 1 is 0.974 bits per heavy atom. The van der Waals surface area contributed by atoms with E-state index in [2.05, 4.69) is 20.2 Å². The van der Waals surface area contributed by atoms with Crippen LogP contribution >= 0.6 is 23.2 Å². The number of aromatic nitrogens is 2. The van der Waals surface area contributed by atoms with E-state index in [0.717, 1.165) is 11.3 Å². The monoisotopic (exact) mass is 589 g/mol. The van der Waals surface area contributed by atoms with Gasteiger partial charge in [-0.25, -0.2) is 18.1 Å². The molecule has 0 unspecified atom stereocenters. The molecule has 0 atom stereocenters. The third-order valence-corrected chi connectivity index (χ3v) is 7.35. The fraction of sp³-hybridized carbons (Fsp3) is 0.160. The van der Waals surface area contributed by atoms with Crippen molar-refractivity contribution in [1.29, 1.82) is 0 Å². The highest BCUT2D eigenvalue weighted by molar-refractivity contribution is 7.92. The summed E-state index contributed by atoms with van der Waals surface area (Å²) in [5, 5.41) is 9.71. The topological polar surface area (TPSA) is 148 Å². The SMILES string of the molecule is CCCCOC(=O)c1ccccc1N1C(=O)C(Cl)=C(Nc2ccc(S(=O)(=O)Nc3ccc(Cl)nn3)cc2)C1=O. The van der Waals surface area contributed by atoms with E-state index in [-0.39, 0.29) is 45.1 Å². The molecule has 2 amide bonds. The summed E-state index contributed by atoms with van der Waals surface area (Å²) in [5.74, 6) is -2.32. The van der Waals surface area contributed by atoms with Gasteiger partial charge in [0.25, 0.3) is 21.8 Å². The molecule has 11 nitrogen and oxygen atoms in total. The lowest BCUT2D eigenvalue weighted by Gasteiger charge is -2.18. The Labute approximate surface area is 233 Å². The average molecular weight is 590 g/mol. The molecule has 2 heterocycles. The first kappa shape index (κ1) is 28.0. The van der Waals surface area contributed by atoms with E-state index in [9.17, 15) is 22.8 Å². The minimum absolute atomic E-state index is 0.0248. The molecule has 2 N–H and O–H groups in total. The molecule has 0 saturated heterocycles. The average Bonchev–Trinajstić information content (AvgIpc) is 3.13. The maximum atomic E-state index is 13.2. The summed E-state index contributed by atoms with van der Waals surface area (Å²) >= 11 is 11.9. The zero-order valence-electron chi connectivity index (χ0n) is 20.4. The molecule has 0 bridgehead atoms. The molecule has 4 rings (SSSR count). The number of sulfonamides is 1. The number of carbonyl (C=O) groups is 3. The molecule has 0 spiro atoms. The highest BCUT2D eigenvalue weighted by Gasteiger charge is 2.40. The molecular weight excluding hydrogens is 569 g/mol. The van der Waals surface area contributed by atoms with E-state index in [1.54, 1.807) is 12.1 Å². The van der Waals surface area contributed by atoms with Crippen LogP contribution in [0.5, 0.6) is 0 Å². The predicted octanol–water partition coefficient (Wildman–Crippen LogP) is 4.32. The molecule has 0 radical (unpaired) electrons. The minimum atomic E-state index is -4.00. The van der Waals surface area contributed by atoms with Crippen molar-refractivity contribution in [3.63, 3.8) is 0 Å². The second-order valence-electron chi connectivity index (χ2n) is 8.14. The number of esters is 1. The van der Waals surface area contributed by atoms with E-state index >= 15 is 0 Å². The number of hydrogen-bond acceptors (Lipinski definition) is 9. The summed E-state index contributed by atoms with van der Waals surface area (Å²) in [6, 6.07) is 14.1. The van der Waals surface area contributed by atoms with Crippen LogP contribution in [0.15, 0.2) is 76.3 Å². The van der Waals surface area contributed by atoms with Crippen LogP contribution < -0.4 is 14.9 Å². The van der Waals surface area contributed by atoms with E-state index in [1.807, 2.05) is 6.92 Å². The molecule has 2 aromatic carbocycles. The maximum Gasteiger partial charge on any atom is 0.340 e. The molecule has 0 aliphatic carbocycles. The van der Waals surface area contributed by atoms with Crippen molar-refractivity contribution in [3.05, 3.63) is 82.1 Å². The van der Waals surface area contributed by atoms with Crippen molar-refractivity contribution in [2.45, 2.75) is 24.7 Å². The van der Waals surface area contributed by atoms with Crippen molar-refractivity contribution >= 4 is 68.2 Å². The number of halogens is 2. The van der Waals surface area contributed by atoms with Gasteiger partial charge in [-0.1, -0.05) is 48.7 Å². The van der Waals surface area contributed by atoms with Gasteiger partial charge in [0.05, 0.1) is 22.8 Å². The van der Waals surface area contributed by atoms with Gasteiger partial charge in [-0.15, -0.1) is 10.2 Å². The Balaban J connectivity index is 1.51. The highest BCUT2D eigenvalue weighted by atomic mass is 35.5. The number of hydrogen-bond donors (Lipinski definition) is 2. The number of carbonyl (C=O) groups excluding carboxylic acids is 3. The summed E-state index contributed by atoms with van der Waals surface area (Å²) in [6.45, 7) is 2.15. The summed E-state index contributed by atoms with van der Waals surface area (Å²) in [7, 11) is -4.00. The van der Waals surface area contributed by atoms with Crippen molar-refractivity contribution in [3.8, 4) is 0 Å². The van der Waals surface area contributed by atoms with Crippen LogP contribution in [0.2, 0.25) is 5.15 Å². The number of unbranched alkanes of at least 4 members (excludes halogenated alkanes) is 1. The van der Waals surface area contributed by atoms with Crippen LogP contribution in [0.4, 0.5) is 17.2 Å². The maximum absolute atomic E-state index is 13.2. The number of amides is 2. The number of nitrogens with zero attached hydrogens (tertiary/aromatic N) is 3. The Hall–Kier alpha value is -4.00. The van der Waals surface area contributed by atoms with Gasteiger partial charge < -0.3 is 10.1 Å². The first-order valence-corrected chi connectivity index (χ1v) is 13.8. The zero-order chi connectivity index (χ0) is 28.2. The first-order chi connectivity index (χ1) is 18.6. The smallest absolute Gasteiger partial charge is 0.340 e. The Morgan fingerprint density at radius 2 is 1.69 bits per heavy atom. The van der Waals surface area contributed by atoms with Crippen molar-refractivity contribution in [2.75, 3.05) is 21.5 Å². The third kappa shape index (κ3) is 6.19. The van der Waals surface area contributed by atoms with Gasteiger partial charge >= 0.3 is 5.97 Å². The van der Waals surface area contributed by atoms with Crippen LogP contribution in [0.3, 0.4) is 0 Å². The molecule has 1 aromatic heterocycles. The van der Waals surface area contributed by atoms with Gasteiger partial charge in [0, 0.05) is 5.69 Å². The van der Waals surface area contributed by atoms with Crippen LogP contribution in [0.25, 0.3) is 0 Å². The van der Waals surface area contributed by atoms with Gasteiger partial charge in [0.15, 0.2) is 11.0 Å². The lowest BCUT2D eigenvalue weighted by molar-refractivity contribution is -0.120. The Bertz CT molecular complexity index is 1560. The fourth-order valence-electron chi connectivity index (χ4n) is 3.49. The van der Waals surface area contributed by atoms with Gasteiger partial charge in [-0.3, -0.25) is 14.3 Å². The second kappa shape index (κ2) is 11.8. The van der Waals surface area contributed by atoms with Gasteiger partial charge in [0.1, 0.15) is 10.7 Å². The molecule has 39 heavy (non-hydrogen) atoms. The number of rotatable bonds is 10. The summed E-state index contributed by atoms with van der Waals surface area (Å²) in [4.78, 5) is 39.5. The van der Waals surface area contributed by atoms with Crippen LogP contribution in [-0.4, -0.2) is 43.0 Å². The van der Waals surface area contributed by atoms with Gasteiger partial charge in [-0.05, 0) is 55.0 Å². The Kier molecular flexibility index (Phi) is 8.48. The number of imide groups is 1. The van der Waals surface area contributed by atoms with Gasteiger partial charge in [-0.2, -0.15) is 0 Å². The van der Waals surface area contributed by atoms with Crippen LogP contribution in [0, 0.1) is 0 Å². The van der Waals surface area contributed by atoms with Crippen molar-refractivity contribution in [2.24, 2.45) is 0 Å². The summed E-state index contributed by atoms with van der Waals surface area (Å²) in [5.41, 5.74) is 0.111. The molecule has 1 aliphatic heterocycles. The van der Waals surface area contributed by atoms with Crippen LogP contribution in [0.1, 0.15) is 30.1 Å².